The number of aliphatic carboxylic acids is 6. The molecule has 0 aromatic rings. The van der Waals surface area contributed by atoms with Gasteiger partial charge >= 0.3 is 35.8 Å². The minimum Gasteiger partial charge on any atom is -0.481 e. The van der Waals surface area contributed by atoms with Crippen molar-refractivity contribution in [1.29, 1.82) is 0 Å². The summed E-state index contributed by atoms with van der Waals surface area (Å²) >= 11 is 8.00. The van der Waals surface area contributed by atoms with Crippen LogP contribution in [0.3, 0.4) is 0 Å². The van der Waals surface area contributed by atoms with Crippen molar-refractivity contribution in [3.8, 4) is 0 Å². The number of carboxylic acid groups (broad SMARTS) is 6. The Morgan fingerprint density at radius 1 is 0.327 bits per heavy atom. The molecular weight excluding hydrogens is 837 g/mol. The van der Waals surface area contributed by atoms with Crippen LogP contribution < -0.4 is 0 Å². The van der Waals surface area contributed by atoms with Crippen molar-refractivity contribution in [2.24, 2.45) is 0 Å². The van der Waals surface area contributed by atoms with Crippen LogP contribution in [0.2, 0.25) is 0 Å². The van der Waals surface area contributed by atoms with Crippen molar-refractivity contribution in [3.05, 3.63) is 0 Å². The van der Waals surface area contributed by atoms with E-state index in [4.69, 9.17) is 40.1 Å². The lowest BCUT2D eigenvalue weighted by molar-refractivity contribution is -0.134. The first-order valence-corrected chi connectivity index (χ1v) is 25.2. The predicted molar refractivity (Wildman–Crippen MR) is 227 cm³/mol. The molecule has 0 aromatic heterocycles. The molecule has 55 heavy (non-hydrogen) atoms. The summed E-state index contributed by atoms with van der Waals surface area (Å²) < 4.78 is 13.4. The van der Waals surface area contributed by atoms with E-state index in [1.54, 1.807) is 0 Å². The van der Waals surface area contributed by atoms with Gasteiger partial charge in [-0.2, -0.15) is 70.6 Å². The lowest BCUT2D eigenvalue weighted by Crippen LogP contribution is -2.36. The number of thioether (sulfide) groups is 6. The van der Waals surface area contributed by atoms with Gasteiger partial charge in [0.15, 0.2) is 0 Å². The van der Waals surface area contributed by atoms with Gasteiger partial charge in [-0.15, -0.1) is 0 Å². The molecule has 0 rings (SSSR count). The van der Waals surface area contributed by atoms with Gasteiger partial charge in [0.25, 0.3) is 0 Å². The quantitative estimate of drug-likeness (QED) is 0.0359. The zero-order valence-corrected chi connectivity index (χ0v) is 36.4. The van der Waals surface area contributed by atoms with Gasteiger partial charge in [-0.05, 0) is 118 Å². The largest absolute Gasteiger partial charge is 0.481 e. The van der Waals surface area contributed by atoms with E-state index in [-0.39, 0.29) is 34.5 Å². The second kappa shape index (κ2) is 34.8. The molecule has 0 bridgehead atoms. The van der Waals surface area contributed by atoms with E-state index in [9.17, 15) is 28.8 Å². The first-order chi connectivity index (χ1) is 26.2. The maximum atomic E-state index is 11.1. The van der Waals surface area contributed by atoms with Gasteiger partial charge in [0.05, 0.1) is 45.7 Å². The minimum absolute atomic E-state index is 0.000652. The molecule has 0 atom stereocenters. The van der Waals surface area contributed by atoms with Crippen molar-refractivity contribution in [2.75, 3.05) is 82.2 Å². The normalized spacial score (nSPS) is 11.8. The Hall–Kier alpha value is -1.16. The van der Waals surface area contributed by atoms with Crippen LogP contribution in [-0.2, 0) is 38.2 Å². The topological polar surface area (TPSA) is 242 Å². The Kier molecular flexibility index (Phi) is 34.1. The molecule has 0 radical (unpaired) electrons. The summed E-state index contributed by atoms with van der Waals surface area (Å²) in [5.74, 6) is -1.52. The second-order valence-corrected chi connectivity index (χ2v) is 19.3. The predicted octanol–water partition coefficient (Wildman–Crippen LogP) is 6.48. The summed E-state index contributed by atoms with van der Waals surface area (Å²) in [4.78, 5) is 66.3. The van der Waals surface area contributed by atoms with Gasteiger partial charge < -0.3 is 40.1 Å². The second-order valence-electron chi connectivity index (χ2n) is 12.7. The minimum atomic E-state index is -0.883. The van der Waals surface area contributed by atoms with Crippen LogP contribution in [0, 0.1) is 0 Å². The number of hydrogen-bond donors (Lipinski definition) is 6. The van der Waals surface area contributed by atoms with Crippen molar-refractivity contribution in [2.45, 2.75) is 94.7 Å². The standard InChI is InChI=1S/C35H60O14S6/c36-28(37)22-50-16-1-8-34(9-2-17-51-23-29(38)39,10-3-18-52-24-30(40)41)48-14-7-15-49-35(11-4-19-53-25-31(42)43,12-5-20-54-26-32(44)45)13-6-21-55-27-33(46)47/h1-27H2,(H,36,37)(H,38,39)(H,40,41)(H,42,43)(H,44,45)(H,46,47). The van der Waals surface area contributed by atoms with Crippen LogP contribution in [0.4, 0.5) is 0 Å². The number of carbonyl (C=O) groups is 6. The third-order valence-electron chi connectivity index (χ3n) is 7.98. The number of rotatable bonds is 42. The molecule has 20 heteroatoms. The van der Waals surface area contributed by atoms with Gasteiger partial charge in [-0.25, -0.2) is 0 Å². The highest BCUT2D eigenvalue weighted by molar-refractivity contribution is 8.01. The Bertz CT molecular complexity index is 898. The number of ether oxygens (including phenoxy) is 2. The Labute approximate surface area is 350 Å². The fraction of sp³-hybridized carbons (Fsp3) is 0.829. The molecule has 0 aromatic carbocycles. The summed E-state index contributed by atoms with van der Waals surface area (Å²) in [6.07, 6.45) is 8.77. The maximum absolute atomic E-state index is 11.1. The third-order valence-corrected chi connectivity index (χ3v) is 14.2. The van der Waals surface area contributed by atoms with Crippen molar-refractivity contribution in [3.63, 3.8) is 0 Å². The highest BCUT2D eigenvalue weighted by Gasteiger charge is 2.32. The zero-order chi connectivity index (χ0) is 41.2. The monoisotopic (exact) mass is 896 g/mol. The molecule has 0 heterocycles. The molecular formula is C35H60O14S6. The fourth-order valence-corrected chi connectivity index (χ4v) is 9.76. The van der Waals surface area contributed by atoms with Gasteiger partial charge in [-0.1, -0.05) is 0 Å². The molecule has 6 N–H and O–H groups in total. The molecule has 0 fully saturated rings. The first-order valence-electron chi connectivity index (χ1n) is 18.3. The van der Waals surface area contributed by atoms with Crippen LogP contribution in [0.15, 0.2) is 0 Å². The van der Waals surface area contributed by atoms with Crippen molar-refractivity contribution in [1.82, 2.24) is 0 Å². The summed E-state index contributed by atoms with van der Waals surface area (Å²) in [6.45, 7) is 0.723. The molecule has 0 amide bonds. The van der Waals surface area contributed by atoms with Crippen LogP contribution in [0.25, 0.3) is 0 Å². The van der Waals surface area contributed by atoms with Crippen molar-refractivity contribution >= 4 is 106 Å². The Balaban J connectivity index is 5.87. The molecule has 0 aliphatic carbocycles. The van der Waals surface area contributed by atoms with Gasteiger partial charge in [0.1, 0.15) is 0 Å². The summed E-state index contributed by atoms with van der Waals surface area (Å²) in [5.41, 5.74) is -1.14. The van der Waals surface area contributed by atoms with Gasteiger partial charge in [0.2, 0.25) is 0 Å². The summed E-state index contributed by atoms with van der Waals surface area (Å²) in [6, 6.07) is 0. The van der Waals surface area contributed by atoms with Crippen LogP contribution >= 0.6 is 70.6 Å². The van der Waals surface area contributed by atoms with E-state index < -0.39 is 47.0 Å². The van der Waals surface area contributed by atoms with E-state index in [2.05, 4.69) is 0 Å². The van der Waals surface area contributed by atoms with E-state index >= 15 is 0 Å². The highest BCUT2D eigenvalue weighted by Crippen LogP contribution is 2.34. The van der Waals surface area contributed by atoms with Crippen LogP contribution in [-0.4, -0.2) is 160 Å². The lowest BCUT2D eigenvalue weighted by Gasteiger charge is -2.36. The number of hydrogen-bond acceptors (Lipinski definition) is 14. The Morgan fingerprint density at radius 3 is 0.673 bits per heavy atom. The Morgan fingerprint density at radius 2 is 0.509 bits per heavy atom. The first kappa shape index (κ1) is 53.8. The van der Waals surface area contributed by atoms with E-state index in [0.717, 1.165) is 0 Å². The average molecular weight is 897 g/mol. The molecule has 0 aliphatic heterocycles. The average Bonchev–Trinajstić information content (AvgIpc) is 3.09. The zero-order valence-electron chi connectivity index (χ0n) is 31.5. The highest BCUT2D eigenvalue weighted by atomic mass is 32.2. The smallest absolute Gasteiger partial charge is 0.313 e. The number of carboxylic acids is 6. The SMILES string of the molecule is O=C(O)CSCCCC(CCCSCC(=O)O)(CCCSCC(=O)O)OCCCOC(CCCSCC(=O)O)(CCCSCC(=O)O)CCCSCC(=O)O. The lowest BCUT2D eigenvalue weighted by atomic mass is 9.87. The maximum Gasteiger partial charge on any atom is 0.313 e. The molecule has 0 saturated carbocycles. The summed E-state index contributed by atoms with van der Waals surface area (Å²) in [7, 11) is 0. The third kappa shape index (κ3) is 34.6. The molecule has 0 spiro atoms. The van der Waals surface area contributed by atoms with E-state index in [1.165, 1.54) is 70.6 Å². The molecule has 0 unspecified atom stereocenters. The van der Waals surface area contributed by atoms with E-state index in [0.29, 0.717) is 131 Å². The van der Waals surface area contributed by atoms with Gasteiger partial charge in [0, 0.05) is 13.2 Å². The molecule has 0 aliphatic rings. The van der Waals surface area contributed by atoms with Crippen molar-refractivity contribution < 1.29 is 68.9 Å². The molecule has 0 saturated heterocycles. The fourth-order valence-electron chi connectivity index (χ4n) is 5.75. The van der Waals surface area contributed by atoms with Crippen LogP contribution in [0.1, 0.15) is 83.5 Å². The van der Waals surface area contributed by atoms with Crippen LogP contribution in [0.5, 0.6) is 0 Å². The molecule has 14 nitrogen and oxygen atoms in total. The van der Waals surface area contributed by atoms with Gasteiger partial charge in [-0.3, -0.25) is 28.8 Å². The summed E-state index contributed by atoms with van der Waals surface area (Å²) in [5, 5.41) is 54.4. The molecule has 320 valence electrons. The van der Waals surface area contributed by atoms with E-state index in [1.807, 2.05) is 0 Å².